The number of benzene rings is 2. The van der Waals surface area contributed by atoms with Gasteiger partial charge in [-0.05, 0) is 42.7 Å². The van der Waals surface area contributed by atoms with Gasteiger partial charge in [0.2, 0.25) is 0 Å². The van der Waals surface area contributed by atoms with E-state index in [4.69, 9.17) is 14.2 Å². The van der Waals surface area contributed by atoms with Gasteiger partial charge in [0.05, 0.1) is 32.1 Å². The van der Waals surface area contributed by atoms with E-state index in [1.54, 1.807) is 38.5 Å². The number of hydrogen-bond acceptors (Lipinski definition) is 7. The lowest BCUT2D eigenvalue weighted by Crippen LogP contribution is -2.19. The number of esters is 1. The molecule has 174 valence electrons. The average molecular weight is 452 g/mol. The Balaban J connectivity index is 1.98. The summed E-state index contributed by atoms with van der Waals surface area (Å²) in [5, 5.41) is 15.0. The molecule has 0 bridgehead atoms. The molecule has 8 nitrogen and oxygen atoms in total. The maximum Gasteiger partial charge on any atom is 0.340 e. The van der Waals surface area contributed by atoms with E-state index in [1.807, 2.05) is 31.2 Å². The van der Waals surface area contributed by atoms with Gasteiger partial charge >= 0.3 is 5.97 Å². The first-order chi connectivity index (χ1) is 16.0. The van der Waals surface area contributed by atoms with E-state index in [0.29, 0.717) is 31.1 Å². The molecule has 0 fully saturated rings. The van der Waals surface area contributed by atoms with Gasteiger partial charge in [0.1, 0.15) is 11.6 Å². The second-order valence-corrected chi connectivity index (χ2v) is 7.05. The number of nitriles is 1. The van der Waals surface area contributed by atoms with Crippen LogP contribution in [0.25, 0.3) is 0 Å². The molecule has 0 saturated heterocycles. The second kappa shape index (κ2) is 13.4. The van der Waals surface area contributed by atoms with Crippen LogP contribution in [0.3, 0.4) is 0 Å². The van der Waals surface area contributed by atoms with E-state index in [9.17, 15) is 14.9 Å². The zero-order valence-electron chi connectivity index (χ0n) is 19.1. The third kappa shape index (κ3) is 7.58. The molecular formula is C25H29N3O5. The number of anilines is 1. The molecule has 0 aliphatic carbocycles. The fraction of sp³-hybridized carbons (Fsp3) is 0.320. The molecule has 8 heteroatoms. The molecule has 0 aliphatic heterocycles. The van der Waals surface area contributed by atoms with Gasteiger partial charge < -0.3 is 24.8 Å². The van der Waals surface area contributed by atoms with Gasteiger partial charge in [-0.15, -0.1) is 0 Å². The summed E-state index contributed by atoms with van der Waals surface area (Å²) in [5.41, 5.74) is 1.42. The van der Waals surface area contributed by atoms with E-state index in [2.05, 4.69) is 10.6 Å². The Morgan fingerprint density at radius 3 is 2.55 bits per heavy atom. The quantitative estimate of drug-likeness (QED) is 0.218. The van der Waals surface area contributed by atoms with E-state index in [1.165, 1.54) is 6.20 Å². The average Bonchev–Trinajstić information content (AvgIpc) is 2.84. The third-order valence-corrected chi connectivity index (χ3v) is 4.74. The summed E-state index contributed by atoms with van der Waals surface area (Å²) in [6.45, 7) is 2.80. The summed E-state index contributed by atoms with van der Waals surface area (Å²) in [6.07, 6.45) is 3.67. The molecule has 0 aromatic heterocycles. The fourth-order valence-electron chi connectivity index (χ4n) is 2.92. The van der Waals surface area contributed by atoms with Crippen molar-refractivity contribution in [3.63, 3.8) is 0 Å². The van der Waals surface area contributed by atoms with Gasteiger partial charge in [0.15, 0.2) is 11.5 Å². The smallest absolute Gasteiger partial charge is 0.340 e. The van der Waals surface area contributed by atoms with Crippen LogP contribution in [0, 0.1) is 11.3 Å². The maximum absolute atomic E-state index is 12.6. The Hall–Kier alpha value is -3.99. The number of methoxy groups -OCH3 is 2. The number of carbonyl (C=O) groups is 2. The van der Waals surface area contributed by atoms with Crippen molar-refractivity contribution in [2.45, 2.75) is 26.2 Å². The van der Waals surface area contributed by atoms with Gasteiger partial charge in [-0.1, -0.05) is 31.5 Å². The number of amides is 1. The van der Waals surface area contributed by atoms with Crippen molar-refractivity contribution < 1.29 is 23.8 Å². The minimum absolute atomic E-state index is 0.114. The van der Waals surface area contributed by atoms with Crippen molar-refractivity contribution in [2.24, 2.45) is 0 Å². The highest BCUT2D eigenvalue weighted by molar-refractivity contribution is 6.09. The number of carbonyl (C=O) groups excluding carboxylic acids is 2. The number of rotatable bonds is 12. The van der Waals surface area contributed by atoms with E-state index >= 15 is 0 Å². The Morgan fingerprint density at radius 1 is 1.09 bits per heavy atom. The Morgan fingerprint density at radius 2 is 1.85 bits per heavy atom. The lowest BCUT2D eigenvalue weighted by molar-refractivity contribution is -0.112. The van der Waals surface area contributed by atoms with Crippen LogP contribution in [0.5, 0.6) is 11.5 Å². The molecule has 0 aliphatic rings. The number of para-hydroxylation sites is 1. The van der Waals surface area contributed by atoms with E-state index in [-0.39, 0.29) is 16.8 Å². The largest absolute Gasteiger partial charge is 0.493 e. The summed E-state index contributed by atoms with van der Waals surface area (Å²) in [7, 11) is 3.15. The fourth-order valence-corrected chi connectivity index (χ4v) is 2.92. The normalized spacial score (nSPS) is 10.7. The lowest BCUT2D eigenvalue weighted by Gasteiger charge is -2.11. The molecule has 1 amide bonds. The highest BCUT2D eigenvalue weighted by Crippen LogP contribution is 2.27. The first kappa shape index (κ1) is 25.3. The first-order valence-corrected chi connectivity index (χ1v) is 10.7. The summed E-state index contributed by atoms with van der Waals surface area (Å²) < 4.78 is 15.8. The predicted molar refractivity (Wildman–Crippen MR) is 125 cm³/mol. The van der Waals surface area contributed by atoms with Crippen molar-refractivity contribution in [1.82, 2.24) is 5.32 Å². The standard InChI is InChI=1S/C25H29N3O5/c1-4-5-14-33-25(30)20-8-6-7-9-21(20)28-24(29)19(16-26)17-27-13-12-18-10-11-22(31-2)23(15-18)32-3/h6-11,15,17,27H,4-5,12-14H2,1-3H3,(H,28,29)/b19-17-. The molecule has 0 heterocycles. The molecule has 0 saturated carbocycles. The van der Waals surface area contributed by atoms with E-state index in [0.717, 1.165) is 18.4 Å². The number of hydrogen-bond donors (Lipinski definition) is 2. The first-order valence-electron chi connectivity index (χ1n) is 10.7. The molecule has 2 aromatic carbocycles. The monoisotopic (exact) mass is 451 g/mol. The van der Waals surface area contributed by atoms with Crippen LogP contribution in [-0.2, 0) is 16.0 Å². The predicted octanol–water partition coefficient (Wildman–Crippen LogP) is 3.84. The molecule has 0 spiro atoms. The molecule has 33 heavy (non-hydrogen) atoms. The molecule has 0 radical (unpaired) electrons. The van der Waals surface area contributed by atoms with Gasteiger partial charge in [-0.3, -0.25) is 4.79 Å². The van der Waals surface area contributed by atoms with Crippen LogP contribution in [0.1, 0.15) is 35.7 Å². The zero-order valence-corrected chi connectivity index (χ0v) is 19.1. The Labute approximate surface area is 194 Å². The summed E-state index contributed by atoms with van der Waals surface area (Å²) in [5.74, 6) is 0.140. The van der Waals surface area contributed by atoms with Crippen molar-refractivity contribution in [3.8, 4) is 17.6 Å². The van der Waals surface area contributed by atoms with Gasteiger partial charge in [0.25, 0.3) is 5.91 Å². The zero-order chi connectivity index (χ0) is 24.1. The molecule has 2 N–H and O–H groups in total. The Bertz CT molecular complexity index is 1030. The van der Waals surface area contributed by atoms with Crippen molar-refractivity contribution in [3.05, 3.63) is 65.4 Å². The van der Waals surface area contributed by atoms with Crippen LogP contribution in [-0.4, -0.2) is 39.2 Å². The summed E-state index contributed by atoms with van der Waals surface area (Å²) in [4.78, 5) is 24.9. The molecule has 0 atom stereocenters. The second-order valence-electron chi connectivity index (χ2n) is 7.05. The van der Waals surface area contributed by atoms with Crippen molar-refractivity contribution in [1.29, 1.82) is 5.26 Å². The van der Waals surface area contributed by atoms with Crippen molar-refractivity contribution in [2.75, 3.05) is 32.7 Å². The highest BCUT2D eigenvalue weighted by Gasteiger charge is 2.16. The molecular weight excluding hydrogens is 422 g/mol. The maximum atomic E-state index is 12.6. The number of ether oxygens (including phenoxy) is 3. The highest BCUT2D eigenvalue weighted by atomic mass is 16.5. The number of unbranched alkanes of at least 4 members (excludes halogenated alkanes) is 1. The number of nitrogens with zero attached hydrogens (tertiary/aromatic N) is 1. The Kier molecular flexibility index (Phi) is 10.3. The van der Waals surface area contributed by atoms with Crippen LogP contribution in [0.2, 0.25) is 0 Å². The number of nitrogens with one attached hydrogen (secondary N) is 2. The topological polar surface area (TPSA) is 110 Å². The van der Waals surface area contributed by atoms with Crippen molar-refractivity contribution >= 4 is 17.6 Å². The molecule has 0 unspecified atom stereocenters. The third-order valence-electron chi connectivity index (χ3n) is 4.74. The van der Waals surface area contributed by atoms with Gasteiger partial charge in [-0.25, -0.2) is 4.79 Å². The summed E-state index contributed by atoms with van der Waals surface area (Å²) >= 11 is 0. The molecule has 2 rings (SSSR count). The van der Waals surface area contributed by atoms with Crippen LogP contribution in [0.4, 0.5) is 5.69 Å². The van der Waals surface area contributed by atoms with Crippen LogP contribution < -0.4 is 20.1 Å². The SMILES string of the molecule is CCCCOC(=O)c1ccccc1NC(=O)/C(C#N)=C\NCCc1ccc(OC)c(OC)c1. The molecule has 2 aromatic rings. The lowest BCUT2D eigenvalue weighted by atomic mass is 10.1. The van der Waals surface area contributed by atoms with E-state index < -0.39 is 11.9 Å². The van der Waals surface area contributed by atoms with Gasteiger partial charge in [0, 0.05) is 12.7 Å². The van der Waals surface area contributed by atoms with Gasteiger partial charge in [-0.2, -0.15) is 5.26 Å². The summed E-state index contributed by atoms with van der Waals surface area (Å²) in [6, 6.07) is 14.0. The minimum Gasteiger partial charge on any atom is -0.493 e. The minimum atomic E-state index is -0.620. The van der Waals surface area contributed by atoms with Crippen LogP contribution >= 0.6 is 0 Å². The van der Waals surface area contributed by atoms with Crippen LogP contribution in [0.15, 0.2) is 54.2 Å².